The molecule has 86 valence electrons. The van der Waals surface area contributed by atoms with E-state index in [1.165, 1.54) is 0 Å². The average molecular weight is 225 g/mol. The van der Waals surface area contributed by atoms with E-state index in [0.29, 0.717) is 24.0 Å². The fraction of sp³-hybridized carbons (Fsp3) is 0.267. The summed E-state index contributed by atoms with van der Waals surface area (Å²) >= 11 is 0. The topological polar surface area (TPSA) is 40.9 Å². The lowest BCUT2D eigenvalue weighted by Crippen LogP contribution is -1.94. The Hall–Kier alpha value is -2.10. The molecule has 2 heteroatoms. The second-order valence-electron chi connectivity index (χ2n) is 3.62. The van der Waals surface area contributed by atoms with Crippen LogP contribution < -0.4 is 0 Å². The van der Waals surface area contributed by atoms with Gasteiger partial charge in [-0.3, -0.25) is 0 Å². The lowest BCUT2D eigenvalue weighted by atomic mass is 9.93. The molecule has 0 radical (unpaired) electrons. The smallest absolute Gasteiger partial charge is 0.128 e. The van der Waals surface area contributed by atoms with Crippen LogP contribution in [0, 0.1) is 11.3 Å². The second-order valence-corrected chi connectivity index (χ2v) is 3.62. The summed E-state index contributed by atoms with van der Waals surface area (Å²) in [7, 11) is 0. The van der Waals surface area contributed by atoms with E-state index in [9.17, 15) is 10.1 Å². The van der Waals surface area contributed by atoms with Crippen molar-refractivity contribution in [1.29, 1.82) is 5.26 Å². The normalized spacial score (nSPS) is 11.1. The molecule has 0 aliphatic rings. The largest absolute Gasteiger partial charge is 0.233 e. The first kappa shape index (κ1) is 13.0. The highest BCUT2D eigenvalue weighted by Crippen LogP contribution is 2.26. The summed E-state index contributed by atoms with van der Waals surface area (Å²) in [6.45, 7) is 3.85. The molecule has 0 amide bonds. The van der Waals surface area contributed by atoms with Gasteiger partial charge >= 0.3 is 0 Å². The maximum Gasteiger partial charge on any atom is 0.128 e. The van der Waals surface area contributed by atoms with Crippen LogP contribution in [0.3, 0.4) is 0 Å². The van der Waals surface area contributed by atoms with E-state index in [0.717, 1.165) is 11.1 Å². The van der Waals surface area contributed by atoms with Gasteiger partial charge in [-0.1, -0.05) is 44.2 Å². The Morgan fingerprint density at radius 2 is 1.82 bits per heavy atom. The molecule has 1 rings (SSSR count). The molecule has 2 nitrogen and oxygen atoms in total. The zero-order valence-electron chi connectivity index (χ0n) is 10.2. The summed E-state index contributed by atoms with van der Waals surface area (Å²) < 4.78 is 0. The fourth-order valence-electron chi connectivity index (χ4n) is 1.80. The lowest BCUT2D eigenvalue weighted by Gasteiger charge is -2.08. The van der Waals surface area contributed by atoms with Gasteiger partial charge in [-0.05, 0) is 24.0 Å². The Balaban J connectivity index is 3.41. The molecule has 0 saturated heterocycles. The van der Waals surface area contributed by atoms with Crippen molar-refractivity contribution < 1.29 is 4.79 Å². The Kier molecular flexibility index (Phi) is 4.94. The number of hydrogen-bond acceptors (Lipinski definition) is 2. The highest BCUT2D eigenvalue weighted by atomic mass is 16.1. The fourth-order valence-corrected chi connectivity index (χ4v) is 1.80. The molecule has 17 heavy (non-hydrogen) atoms. The highest BCUT2D eigenvalue weighted by Gasteiger charge is 2.11. The molecule has 0 aliphatic carbocycles. The maximum absolute atomic E-state index is 10.9. The Morgan fingerprint density at radius 1 is 1.18 bits per heavy atom. The van der Waals surface area contributed by atoms with Crippen LogP contribution in [0.1, 0.15) is 32.3 Å². The van der Waals surface area contributed by atoms with Crippen molar-refractivity contribution in [3.63, 3.8) is 0 Å². The van der Waals surface area contributed by atoms with Gasteiger partial charge in [-0.2, -0.15) is 5.26 Å². The van der Waals surface area contributed by atoms with Gasteiger partial charge in [0.05, 0.1) is 5.57 Å². The molecular weight excluding hydrogens is 210 g/mol. The van der Waals surface area contributed by atoms with Gasteiger partial charge in [0.1, 0.15) is 12.0 Å². The molecule has 0 N–H and O–H groups in total. The summed E-state index contributed by atoms with van der Waals surface area (Å²) in [6.07, 6.45) is 1.26. The predicted molar refractivity (Wildman–Crippen MR) is 68.8 cm³/mol. The van der Waals surface area contributed by atoms with Crippen LogP contribution in [-0.2, 0) is 4.79 Å². The van der Waals surface area contributed by atoms with E-state index >= 15 is 0 Å². The average Bonchev–Trinajstić information content (AvgIpc) is 2.40. The molecule has 0 spiro atoms. The Labute approximate surface area is 102 Å². The van der Waals surface area contributed by atoms with Gasteiger partial charge in [0.15, 0.2) is 0 Å². The molecule has 0 unspecified atom stereocenters. The summed E-state index contributed by atoms with van der Waals surface area (Å²) in [5, 5.41) is 9.27. The van der Waals surface area contributed by atoms with Crippen molar-refractivity contribution in [2.45, 2.75) is 26.7 Å². The predicted octanol–water partition coefficient (Wildman–Crippen LogP) is 3.54. The van der Waals surface area contributed by atoms with Crippen LogP contribution in [0.4, 0.5) is 0 Å². The second kappa shape index (κ2) is 6.48. The van der Waals surface area contributed by atoms with Gasteiger partial charge in [0.2, 0.25) is 0 Å². The monoisotopic (exact) mass is 225 g/mol. The van der Waals surface area contributed by atoms with Crippen LogP contribution in [-0.4, -0.2) is 5.94 Å². The van der Waals surface area contributed by atoms with Crippen molar-refractivity contribution in [2.75, 3.05) is 0 Å². The SMILES string of the molecule is CCC(=C=O)/C(CC)=C(/C#N)c1ccccc1. The lowest BCUT2D eigenvalue weighted by molar-refractivity contribution is 0.566. The van der Waals surface area contributed by atoms with Crippen LogP contribution >= 0.6 is 0 Å². The van der Waals surface area contributed by atoms with E-state index in [4.69, 9.17) is 0 Å². The van der Waals surface area contributed by atoms with Gasteiger partial charge in [-0.25, -0.2) is 4.79 Å². The minimum Gasteiger partial charge on any atom is -0.233 e. The third-order valence-electron chi connectivity index (χ3n) is 2.67. The number of rotatable bonds is 4. The summed E-state index contributed by atoms with van der Waals surface area (Å²) in [5.41, 5.74) is 2.82. The molecule has 0 aromatic heterocycles. The Bertz CT molecular complexity index is 499. The van der Waals surface area contributed by atoms with Crippen LogP contribution in [0.2, 0.25) is 0 Å². The van der Waals surface area contributed by atoms with Gasteiger partial charge in [-0.15, -0.1) is 0 Å². The summed E-state index contributed by atoms with van der Waals surface area (Å²) in [4.78, 5) is 10.9. The minimum atomic E-state index is 0.577. The van der Waals surface area contributed by atoms with Crippen LogP contribution in [0.25, 0.3) is 5.57 Å². The third-order valence-corrected chi connectivity index (χ3v) is 2.67. The molecule has 0 fully saturated rings. The van der Waals surface area contributed by atoms with Crippen molar-refractivity contribution in [1.82, 2.24) is 0 Å². The number of benzene rings is 1. The molecule has 1 aromatic carbocycles. The van der Waals surface area contributed by atoms with Crippen molar-refractivity contribution in [3.05, 3.63) is 47.0 Å². The van der Waals surface area contributed by atoms with Gasteiger partial charge in [0, 0.05) is 5.57 Å². The van der Waals surface area contributed by atoms with E-state index in [2.05, 4.69) is 6.07 Å². The summed E-state index contributed by atoms with van der Waals surface area (Å²) in [6, 6.07) is 11.6. The molecule has 0 saturated carbocycles. The zero-order valence-corrected chi connectivity index (χ0v) is 10.2. The minimum absolute atomic E-state index is 0.577. The van der Waals surface area contributed by atoms with Crippen LogP contribution in [0.15, 0.2) is 41.5 Å². The van der Waals surface area contributed by atoms with Gasteiger partial charge < -0.3 is 0 Å². The Morgan fingerprint density at radius 3 is 2.24 bits per heavy atom. The van der Waals surface area contributed by atoms with Crippen LogP contribution in [0.5, 0.6) is 0 Å². The first-order valence-electron chi connectivity index (χ1n) is 5.71. The highest BCUT2D eigenvalue weighted by molar-refractivity contribution is 5.84. The number of carbonyl (C=O) groups excluding carboxylic acids is 1. The number of hydrogen-bond donors (Lipinski definition) is 0. The van der Waals surface area contributed by atoms with E-state index in [1.807, 2.05) is 50.1 Å². The maximum atomic E-state index is 10.9. The summed E-state index contributed by atoms with van der Waals surface area (Å²) in [5.74, 6) is 1.94. The zero-order chi connectivity index (χ0) is 12.7. The molecule has 0 aliphatic heterocycles. The molecule has 0 atom stereocenters. The quantitative estimate of drug-likeness (QED) is 0.446. The third kappa shape index (κ3) is 2.93. The molecular formula is C15H15NO. The van der Waals surface area contributed by atoms with E-state index in [1.54, 1.807) is 0 Å². The van der Waals surface area contributed by atoms with Crippen molar-refractivity contribution in [3.8, 4) is 6.07 Å². The number of nitrogens with zero attached hydrogens (tertiary/aromatic N) is 1. The molecule has 0 heterocycles. The first-order chi connectivity index (χ1) is 8.28. The number of allylic oxidation sites excluding steroid dienone is 3. The van der Waals surface area contributed by atoms with Crippen molar-refractivity contribution >= 4 is 11.5 Å². The standard InChI is InChI=1S/C15H15NO/c1-3-12(11-17)14(4-2)15(10-16)13-8-6-5-7-9-13/h5-9H,3-4H2,1-2H3/b15-14-. The molecule has 1 aromatic rings. The van der Waals surface area contributed by atoms with Gasteiger partial charge in [0.25, 0.3) is 0 Å². The number of nitriles is 1. The molecule has 0 bridgehead atoms. The van der Waals surface area contributed by atoms with E-state index in [-0.39, 0.29) is 0 Å². The van der Waals surface area contributed by atoms with Crippen molar-refractivity contribution in [2.24, 2.45) is 0 Å². The van der Waals surface area contributed by atoms with E-state index < -0.39 is 0 Å². The first-order valence-corrected chi connectivity index (χ1v) is 5.71.